The number of hydrogen-bond donors (Lipinski definition) is 1. The van der Waals surface area contributed by atoms with Crippen LogP contribution in [0.15, 0.2) is 134 Å². The number of pyridine rings is 1. The van der Waals surface area contributed by atoms with E-state index in [-0.39, 0.29) is 49.4 Å². The van der Waals surface area contributed by atoms with Gasteiger partial charge in [-0.3, -0.25) is 9.55 Å². The zero-order valence-corrected chi connectivity index (χ0v) is 40.1. The van der Waals surface area contributed by atoms with Gasteiger partial charge in [-0.1, -0.05) is 199 Å². The molecular weight excluding hydrogens is 998 g/mol. The number of benzene rings is 6. The summed E-state index contributed by atoms with van der Waals surface area (Å²) in [5.74, 6) is -1.93. The van der Waals surface area contributed by atoms with Crippen LogP contribution in [-0.2, 0) is 48.1 Å². The van der Waals surface area contributed by atoms with E-state index in [1.54, 1.807) is 48.5 Å². The Morgan fingerprint density at radius 3 is 1.82 bits per heavy atom. The second-order valence-corrected chi connectivity index (χ2v) is 18.9. The molecule has 4 nitrogen and oxygen atoms in total. The third-order valence-corrected chi connectivity index (χ3v) is 11.7. The number of phenols is 1. The van der Waals surface area contributed by atoms with Crippen LogP contribution in [0.5, 0.6) is 5.75 Å². The number of para-hydroxylation sites is 1. The smallest absolute Gasteiger partial charge is 0.148 e. The summed E-state index contributed by atoms with van der Waals surface area (Å²) in [6.45, 7) is -23.8. The predicted molar refractivity (Wildman–Crippen MR) is 280 cm³/mol. The third kappa shape index (κ3) is 10.0. The Balaban J connectivity index is 0.0000125. The van der Waals surface area contributed by atoms with E-state index < -0.39 is 123 Å². The van der Waals surface area contributed by atoms with E-state index in [1.807, 2.05) is 84.0 Å². The zero-order valence-electron chi connectivity index (χ0n) is 64.8. The van der Waals surface area contributed by atoms with Crippen molar-refractivity contribution in [1.29, 1.82) is 0 Å². The first-order valence-corrected chi connectivity index (χ1v) is 21.3. The Bertz CT molecular complexity index is 4000. The van der Waals surface area contributed by atoms with Crippen molar-refractivity contribution in [3.8, 4) is 67.5 Å². The summed E-state index contributed by atoms with van der Waals surface area (Å²) < 4.78 is 234. The van der Waals surface area contributed by atoms with E-state index in [0.29, 0.717) is 45.1 Å². The predicted octanol–water partition coefficient (Wildman–Crippen LogP) is 16.7. The largest absolute Gasteiger partial charge is 0.507 e. The van der Waals surface area contributed by atoms with E-state index in [2.05, 4.69) is 6.07 Å². The Morgan fingerprint density at radius 1 is 0.507 bits per heavy atom. The Hall–Kier alpha value is -5.57. The molecule has 2 aromatic heterocycles. The SMILES string of the molecule is [2H]C([2H])([2H])C(c1ccc(-c2ccnc(-c3[c-]c(-c4cccc5c4nc(-c4cc(C(C([2H])([2H])[2H])(C([2H])([2H])[2H])C([2H])([2H])[2H])cc(C(C([2H])([2H])[2H])(C([2H])([2H])[2H])C([2H])([2H])[2H])c4O)n5-c4ccc(-c5ccccc5)c(C(C)(C)C)c4)cc(C(C)(C)C)c3)c2)cc1)(C([2H])([2H])[2H])C([2H])([2H])[2H].[Pt]. The van der Waals surface area contributed by atoms with Crippen molar-refractivity contribution in [2.24, 2.45) is 0 Å². The molecule has 5 heteroatoms. The molecule has 8 aromatic rings. The zero-order chi connectivity index (χ0) is 70.2. The van der Waals surface area contributed by atoms with Gasteiger partial charge in [-0.15, -0.1) is 29.3 Å². The van der Waals surface area contributed by atoms with Crippen molar-refractivity contribution < 1.29 is 63.2 Å². The maximum absolute atomic E-state index is 13.1. The fraction of sp³-hybridized carbons (Fsp3) is 0.323. The minimum Gasteiger partial charge on any atom is -0.507 e. The van der Waals surface area contributed by atoms with Crippen LogP contribution in [0.4, 0.5) is 0 Å². The molecule has 2 heterocycles. The van der Waals surface area contributed by atoms with E-state index in [0.717, 1.165) is 23.3 Å². The van der Waals surface area contributed by atoms with Crippen molar-refractivity contribution in [2.45, 2.75) is 130 Å². The van der Waals surface area contributed by atoms with Gasteiger partial charge in [-0.25, -0.2) is 4.98 Å². The quantitative estimate of drug-likeness (QED) is 0.169. The molecule has 1 N–H and O–H groups in total. The maximum Gasteiger partial charge on any atom is 0.148 e. The average Bonchev–Trinajstić information content (AvgIpc) is 0.779. The summed E-state index contributed by atoms with van der Waals surface area (Å²) in [7, 11) is 0. The number of fused-ring (bicyclic) bond motifs is 1. The van der Waals surface area contributed by atoms with Gasteiger partial charge < -0.3 is 5.11 Å². The number of hydrogen-bond acceptors (Lipinski definition) is 3. The van der Waals surface area contributed by atoms with Crippen LogP contribution in [0, 0.1) is 6.07 Å². The molecule has 0 spiro atoms. The van der Waals surface area contributed by atoms with Crippen LogP contribution >= 0.6 is 0 Å². The van der Waals surface area contributed by atoms with E-state index in [9.17, 15) is 5.11 Å². The number of aromatic hydroxyl groups is 1. The molecule has 0 saturated heterocycles. The first-order chi connectivity index (χ1) is 42.0. The number of imidazole rings is 1. The third-order valence-electron chi connectivity index (χ3n) is 11.7. The van der Waals surface area contributed by atoms with Gasteiger partial charge in [0.05, 0.1) is 16.6 Å². The van der Waals surface area contributed by atoms with Crippen LogP contribution in [0.25, 0.3) is 72.7 Å². The molecular formula is C62H68N3OPt-. The van der Waals surface area contributed by atoms with Crippen LogP contribution < -0.4 is 0 Å². The molecule has 0 amide bonds. The Morgan fingerprint density at radius 2 is 1.16 bits per heavy atom. The number of aromatic nitrogens is 3. The average molecular weight is 1090 g/mol. The first-order valence-electron chi connectivity index (χ1n) is 34.8. The fourth-order valence-corrected chi connectivity index (χ4v) is 8.18. The minimum atomic E-state index is -4.21. The number of rotatable bonds is 6. The van der Waals surface area contributed by atoms with Crippen LogP contribution in [0.3, 0.4) is 0 Å². The fourth-order valence-electron chi connectivity index (χ4n) is 8.18. The molecule has 0 fully saturated rings. The molecule has 0 bridgehead atoms. The van der Waals surface area contributed by atoms with Gasteiger partial charge in [0, 0.05) is 81.2 Å². The van der Waals surface area contributed by atoms with Gasteiger partial charge >= 0.3 is 0 Å². The van der Waals surface area contributed by atoms with Crippen LogP contribution in [-0.4, -0.2) is 19.6 Å². The van der Waals surface area contributed by atoms with Crippen LogP contribution in [0.1, 0.15) is 168 Å². The molecule has 0 aliphatic carbocycles. The summed E-state index contributed by atoms with van der Waals surface area (Å²) >= 11 is 0. The normalized spacial score (nSPS) is 20.3. The molecule has 6 aromatic carbocycles. The topological polar surface area (TPSA) is 50.9 Å². The number of nitrogens with zero attached hydrogens (tertiary/aromatic N) is 3. The van der Waals surface area contributed by atoms with Gasteiger partial charge in [-0.2, -0.15) is 0 Å². The standard InChI is InChI=1S/C62H68N3O.Pt/c1-58(2,3)44-26-24-39(25-27-44)41-30-31-63-53(35-41)43-32-42(33-45(34-43)59(4,5)6)49-22-19-23-54-55(49)64-57(50-36-46(60(7,8)9)37-52(56(50)66)62(13,14)15)65(54)47-28-29-48(40-20-17-16-18-21-40)51(38-47)61(10,11)12;/h16-31,33-38,66H,1-15H3;/q-1;/i1D3,2D3,3D3,7D3,8D3,9D3,13D3,14D3,15D3;. The van der Waals surface area contributed by atoms with Crippen LogP contribution in [0.2, 0.25) is 0 Å². The Kier molecular flexibility index (Phi) is 6.69. The van der Waals surface area contributed by atoms with Crippen molar-refractivity contribution in [1.82, 2.24) is 14.5 Å². The van der Waals surface area contributed by atoms with E-state index in [4.69, 9.17) is 47.0 Å². The molecule has 0 saturated carbocycles. The molecule has 0 aliphatic rings. The Labute approximate surface area is 453 Å². The van der Waals surface area contributed by atoms with E-state index >= 15 is 0 Å². The van der Waals surface area contributed by atoms with Gasteiger partial charge in [-0.05, 0) is 96.4 Å². The molecule has 0 aliphatic heterocycles. The number of phenolic OH excluding ortho intramolecular Hbond substituents is 1. The molecule has 67 heavy (non-hydrogen) atoms. The second kappa shape index (κ2) is 17.8. The summed E-state index contributed by atoms with van der Waals surface area (Å²) in [4.78, 5) is 9.81. The first kappa shape index (κ1) is 25.2. The monoisotopic (exact) mass is 1090 g/mol. The van der Waals surface area contributed by atoms with Gasteiger partial charge in [0.1, 0.15) is 11.6 Å². The van der Waals surface area contributed by atoms with Crippen molar-refractivity contribution >= 4 is 11.0 Å². The molecule has 0 unspecified atom stereocenters. The van der Waals surface area contributed by atoms with Crippen molar-refractivity contribution in [3.63, 3.8) is 0 Å². The summed E-state index contributed by atoms with van der Waals surface area (Å²) in [6.07, 6.45) is 1.48. The van der Waals surface area contributed by atoms with Gasteiger partial charge in [0.15, 0.2) is 0 Å². The second-order valence-electron chi connectivity index (χ2n) is 18.9. The maximum atomic E-state index is 13.1. The molecule has 0 radical (unpaired) electrons. The summed E-state index contributed by atoms with van der Waals surface area (Å²) in [5.41, 5.74) is -11.4. The van der Waals surface area contributed by atoms with E-state index in [1.165, 1.54) is 22.9 Å². The molecule has 8 rings (SSSR count). The van der Waals surface area contributed by atoms with Crippen molar-refractivity contribution in [2.75, 3.05) is 0 Å². The van der Waals surface area contributed by atoms with Gasteiger partial charge in [0.2, 0.25) is 0 Å². The van der Waals surface area contributed by atoms with Crippen molar-refractivity contribution in [3.05, 3.63) is 167 Å². The molecule has 0 atom stereocenters. The minimum absolute atomic E-state index is 0. The van der Waals surface area contributed by atoms with Gasteiger partial charge in [0.25, 0.3) is 0 Å². The molecule has 348 valence electrons. The summed E-state index contributed by atoms with van der Waals surface area (Å²) in [5, 5.41) is 13.1. The summed E-state index contributed by atoms with van der Waals surface area (Å²) in [6, 6.07) is 35.8.